The minimum Gasteiger partial charge on any atom is -0.497 e. The number of hydrogen-bond acceptors (Lipinski definition) is 3. The average molecular weight is 488 g/mol. The van der Waals surface area contributed by atoms with Gasteiger partial charge in [0.25, 0.3) is 0 Å². The first kappa shape index (κ1) is 24.9. The van der Waals surface area contributed by atoms with Gasteiger partial charge in [-0.3, -0.25) is 4.79 Å². The van der Waals surface area contributed by atoms with Gasteiger partial charge in [0, 0.05) is 56.2 Å². The molecule has 5 nitrogen and oxygen atoms in total. The molecule has 2 heterocycles. The number of rotatable bonds is 8. The number of hydrogen-bond donors (Lipinski definition) is 0. The van der Waals surface area contributed by atoms with Crippen LogP contribution in [0.4, 0.5) is 0 Å². The summed E-state index contributed by atoms with van der Waals surface area (Å²) in [4.78, 5) is 18.2. The molecular formula is C31H41N3O2. The highest BCUT2D eigenvalue weighted by Gasteiger charge is 2.32. The zero-order chi connectivity index (χ0) is 24.9. The standard InChI is InChI=1S/C31H41N3O2/c1-3-32-17-19-33(20-18-32)31(35)21-28(25-9-5-4-6-10-25)29-23-34(30-12-8-7-11-27(29)30)22-24-13-15-26(36-2)16-14-24/h7-8,11-16,23,25,28H,3-6,9-10,17-22H2,1-2H3/t28-/m1/s1. The molecule has 1 amide bonds. The van der Waals surface area contributed by atoms with Crippen LogP contribution in [0, 0.1) is 5.92 Å². The maximum atomic E-state index is 13.6. The molecule has 1 aliphatic carbocycles. The van der Waals surface area contributed by atoms with E-state index in [1.165, 1.54) is 54.1 Å². The topological polar surface area (TPSA) is 37.7 Å². The molecule has 2 aliphatic rings. The van der Waals surface area contributed by atoms with E-state index in [1.54, 1.807) is 7.11 Å². The fourth-order valence-corrected chi connectivity index (χ4v) is 6.33. The van der Waals surface area contributed by atoms with E-state index in [9.17, 15) is 4.79 Å². The van der Waals surface area contributed by atoms with Crippen molar-refractivity contribution < 1.29 is 9.53 Å². The molecule has 2 fully saturated rings. The zero-order valence-electron chi connectivity index (χ0n) is 22.0. The van der Waals surface area contributed by atoms with Gasteiger partial charge in [0.15, 0.2) is 0 Å². The maximum absolute atomic E-state index is 13.6. The molecule has 1 saturated heterocycles. The predicted molar refractivity (Wildman–Crippen MR) is 147 cm³/mol. The lowest BCUT2D eigenvalue weighted by molar-refractivity contribution is -0.133. The van der Waals surface area contributed by atoms with Gasteiger partial charge in [-0.15, -0.1) is 0 Å². The first-order chi connectivity index (χ1) is 17.7. The van der Waals surface area contributed by atoms with Crippen LogP contribution in [-0.4, -0.2) is 60.1 Å². The smallest absolute Gasteiger partial charge is 0.223 e. The van der Waals surface area contributed by atoms with Crippen LogP contribution in [0.15, 0.2) is 54.7 Å². The summed E-state index contributed by atoms with van der Waals surface area (Å²) in [5.41, 5.74) is 3.88. The van der Waals surface area contributed by atoms with Crippen molar-refractivity contribution in [1.29, 1.82) is 0 Å². The van der Waals surface area contributed by atoms with Crippen LogP contribution in [-0.2, 0) is 11.3 Å². The third kappa shape index (κ3) is 5.46. The van der Waals surface area contributed by atoms with E-state index >= 15 is 0 Å². The number of amides is 1. The number of piperazine rings is 1. The SMILES string of the molecule is CCN1CCN(C(=O)C[C@@H](c2cn(Cc3ccc(OC)cc3)c3ccccc23)C2CCCCC2)CC1. The van der Waals surface area contributed by atoms with Gasteiger partial charge < -0.3 is 19.1 Å². The Hall–Kier alpha value is -2.79. The van der Waals surface area contributed by atoms with Crippen molar-refractivity contribution in [3.05, 3.63) is 65.9 Å². The molecule has 0 unspecified atom stereocenters. The van der Waals surface area contributed by atoms with Crippen molar-refractivity contribution in [2.75, 3.05) is 39.8 Å². The number of methoxy groups -OCH3 is 1. The number of ether oxygens (including phenoxy) is 1. The number of para-hydroxylation sites is 1. The number of carbonyl (C=O) groups is 1. The van der Waals surface area contributed by atoms with Crippen LogP contribution in [0.5, 0.6) is 5.75 Å². The third-order valence-electron chi connectivity index (χ3n) is 8.52. The van der Waals surface area contributed by atoms with Gasteiger partial charge >= 0.3 is 0 Å². The second-order valence-electron chi connectivity index (χ2n) is 10.6. The van der Waals surface area contributed by atoms with Crippen LogP contribution in [0.2, 0.25) is 0 Å². The van der Waals surface area contributed by atoms with Gasteiger partial charge in [-0.05, 0) is 60.5 Å². The second-order valence-corrected chi connectivity index (χ2v) is 10.6. The molecule has 2 aromatic carbocycles. The first-order valence-corrected chi connectivity index (χ1v) is 13.9. The lowest BCUT2D eigenvalue weighted by atomic mass is 9.75. The average Bonchev–Trinajstić information content (AvgIpc) is 3.30. The van der Waals surface area contributed by atoms with Gasteiger partial charge in [-0.1, -0.05) is 56.5 Å². The summed E-state index contributed by atoms with van der Waals surface area (Å²) in [7, 11) is 1.71. The molecule has 5 rings (SSSR count). The summed E-state index contributed by atoms with van der Waals surface area (Å²) in [6, 6.07) is 17.1. The molecule has 0 N–H and O–H groups in total. The Bertz CT molecular complexity index is 1140. The Balaban J connectivity index is 1.44. The minimum absolute atomic E-state index is 0.282. The summed E-state index contributed by atoms with van der Waals surface area (Å²) in [6.45, 7) is 7.81. The van der Waals surface area contributed by atoms with E-state index in [1.807, 2.05) is 12.1 Å². The monoisotopic (exact) mass is 487 g/mol. The van der Waals surface area contributed by atoms with E-state index in [0.717, 1.165) is 45.0 Å². The van der Waals surface area contributed by atoms with Crippen molar-refractivity contribution in [2.45, 2.75) is 57.9 Å². The Kier molecular flexibility index (Phi) is 7.96. The number of likely N-dealkylation sites (N-methyl/N-ethyl adjacent to an activating group) is 1. The highest BCUT2D eigenvalue weighted by molar-refractivity contribution is 5.86. The van der Waals surface area contributed by atoms with Crippen LogP contribution < -0.4 is 4.74 Å². The molecule has 1 saturated carbocycles. The number of fused-ring (bicyclic) bond motifs is 1. The molecule has 192 valence electrons. The van der Waals surface area contributed by atoms with E-state index in [-0.39, 0.29) is 5.92 Å². The highest BCUT2D eigenvalue weighted by Crippen LogP contribution is 2.42. The Morgan fingerprint density at radius 1 is 0.972 bits per heavy atom. The Labute approximate surface area is 216 Å². The van der Waals surface area contributed by atoms with Gasteiger partial charge in [-0.2, -0.15) is 0 Å². The summed E-state index contributed by atoms with van der Waals surface area (Å²) < 4.78 is 7.73. The lowest BCUT2D eigenvalue weighted by Crippen LogP contribution is -2.48. The molecule has 1 atom stereocenters. The maximum Gasteiger partial charge on any atom is 0.223 e. The van der Waals surface area contributed by atoms with E-state index in [4.69, 9.17) is 4.74 Å². The van der Waals surface area contributed by atoms with Crippen molar-refractivity contribution in [2.24, 2.45) is 5.92 Å². The molecule has 36 heavy (non-hydrogen) atoms. The third-order valence-corrected chi connectivity index (χ3v) is 8.52. The Morgan fingerprint density at radius 3 is 2.39 bits per heavy atom. The van der Waals surface area contributed by atoms with Crippen molar-refractivity contribution in [3.8, 4) is 5.75 Å². The summed E-state index contributed by atoms with van der Waals surface area (Å²) in [6.07, 6.45) is 9.36. The van der Waals surface area contributed by atoms with E-state index in [0.29, 0.717) is 18.2 Å². The quantitative estimate of drug-likeness (QED) is 0.396. The summed E-state index contributed by atoms with van der Waals surface area (Å²) >= 11 is 0. The van der Waals surface area contributed by atoms with Crippen LogP contribution in [0.25, 0.3) is 10.9 Å². The Morgan fingerprint density at radius 2 is 1.69 bits per heavy atom. The van der Waals surface area contributed by atoms with Crippen LogP contribution in [0.1, 0.15) is 62.5 Å². The van der Waals surface area contributed by atoms with Gasteiger partial charge in [0.05, 0.1) is 7.11 Å². The van der Waals surface area contributed by atoms with E-state index < -0.39 is 0 Å². The molecule has 1 aromatic heterocycles. The number of benzene rings is 2. The first-order valence-electron chi connectivity index (χ1n) is 13.9. The van der Waals surface area contributed by atoms with Crippen molar-refractivity contribution in [3.63, 3.8) is 0 Å². The highest BCUT2D eigenvalue weighted by atomic mass is 16.5. The summed E-state index contributed by atoms with van der Waals surface area (Å²) in [5, 5.41) is 1.31. The molecule has 5 heteroatoms. The minimum atomic E-state index is 0.282. The predicted octanol–water partition coefficient (Wildman–Crippen LogP) is 5.92. The molecular weight excluding hydrogens is 446 g/mol. The molecule has 0 radical (unpaired) electrons. The molecule has 0 spiro atoms. The van der Waals surface area contributed by atoms with Crippen molar-refractivity contribution >= 4 is 16.8 Å². The zero-order valence-corrected chi connectivity index (χ0v) is 22.0. The fraction of sp³-hybridized carbons (Fsp3) is 0.516. The van der Waals surface area contributed by atoms with Gasteiger partial charge in [0.1, 0.15) is 5.75 Å². The molecule has 0 bridgehead atoms. The molecule has 1 aliphatic heterocycles. The van der Waals surface area contributed by atoms with E-state index in [2.05, 4.69) is 63.9 Å². The largest absolute Gasteiger partial charge is 0.497 e. The van der Waals surface area contributed by atoms with Gasteiger partial charge in [-0.25, -0.2) is 0 Å². The lowest BCUT2D eigenvalue weighted by Gasteiger charge is -2.36. The second kappa shape index (κ2) is 11.5. The van der Waals surface area contributed by atoms with Crippen LogP contribution in [0.3, 0.4) is 0 Å². The fourth-order valence-electron chi connectivity index (χ4n) is 6.33. The summed E-state index contributed by atoms with van der Waals surface area (Å²) in [5.74, 6) is 2.09. The van der Waals surface area contributed by atoms with Gasteiger partial charge in [0.2, 0.25) is 5.91 Å². The van der Waals surface area contributed by atoms with Crippen molar-refractivity contribution in [1.82, 2.24) is 14.4 Å². The molecule has 3 aromatic rings. The normalized spacial score (nSPS) is 18.4. The number of aromatic nitrogens is 1. The number of carbonyl (C=O) groups excluding carboxylic acids is 1. The number of nitrogens with zero attached hydrogens (tertiary/aromatic N) is 3. The van der Waals surface area contributed by atoms with Crippen LogP contribution >= 0.6 is 0 Å².